The van der Waals surface area contributed by atoms with Crippen LogP contribution >= 0.6 is 0 Å². The van der Waals surface area contributed by atoms with Crippen LogP contribution in [0.25, 0.3) is 6.08 Å². The lowest BCUT2D eigenvalue weighted by Crippen LogP contribution is -2.38. The molecule has 1 aromatic rings. The van der Waals surface area contributed by atoms with Crippen LogP contribution in [0, 0.1) is 5.92 Å². The number of benzene rings is 1. The lowest BCUT2D eigenvalue weighted by molar-refractivity contribution is 0.0505. The Morgan fingerprint density at radius 2 is 1.94 bits per heavy atom. The Labute approximate surface area is 109 Å². The Morgan fingerprint density at radius 3 is 2.78 bits per heavy atom. The van der Waals surface area contributed by atoms with Crippen molar-refractivity contribution < 1.29 is 5.11 Å². The molecule has 18 heavy (non-hydrogen) atoms. The van der Waals surface area contributed by atoms with Crippen molar-refractivity contribution in [2.24, 2.45) is 5.92 Å². The fourth-order valence-electron chi connectivity index (χ4n) is 3.41. The molecule has 0 aromatic heterocycles. The molecule has 3 rings (SSSR count). The summed E-state index contributed by atoms with van der Waals surface area (Å²) in [5.74, 6) is 0.499. The van der Waals surface area contributed by atoms with Crippen molar-refractivity contribution in [3.63, 3.8) is 0 Å². The van der Waals surface area contributed by atoms with Gasteiger partial charge in [-0.25, -0.2) is 0 Å². The average Bonchev–Trinajstić information content (AvgIpc) is 2.82. The van der Waals surface area contributed by atoms with E-state index in [1.165, 1.54) is 12.0 Å². The summed E-state index contributed by atoms with van der Waals surface area (Å²) in [5.41, 5.74) is 1.25. The van der Waals surface area contributed by atoms with Crippen molar-refractivity contribution in [2.75, 3.05) is 6.54 Å². The maximum atomic E-state index is 10.0. The number of aliphatic hydroxyl groups is 1. The van der Waals surface area contributed by atoms with E-state index in [1.807, 2.05) is 6.07 Å². The Balaban J connectivity index is 1.69. The van der Waals surface area contributed by atoms with Crippen LogP contribution in [0.4, 0.5) is 0 Å². The summed E-state index contributed by atoms with van der Waals surface area (Å²) in [6.45, 7) is 1.09. The van der Waals surface area contributed by atoms with Gasteiger partial charge >= 0.3 is 0 Å². The molecular formula is C16H21NO. The van der Waals surface area contributed by atoms with Gasteiger partial charge in [0.15, 0.2) is 0 Å². The number of hydrogen-bond donors (Lipinski definition) is 1. The van der Waals surface area contributed by atoms with Crippen molar-refractivity contribution in [3.05, 3.63) is 42.1 Å². The van der Waals surface area contributed by atoms with Crippen LogP contribution in [0.1, 0.15) is 31.2 Å². The van der Waals surface area contributed by atoms with E-state index < -0.39 is 0 Å². The van der Waals surface area contributed by atoms with Crippen molar-refractivity contribution in [1.29, 1.82) is 0 Å². The maximum Gasteiger partial charge on any atom is 0.0588 e. The standard InChI is InChI=1S/C16H21NO/c18-16-8-4-7-15-14(16)10-12-17(15)11-9-13-5-2-1-3-6-13/h1-3,5-6,9,11,14-16,18H,4,7-8,10,12H2. The second-order valence-electron chi connectivity index (χ2n) is 5.48. The Morgan fingerprint density at radius 1 is 1.11 bits per heavy atom. The molecule has 0 radical (unpaired) electrons. The molecule has 1 aromatic carbocycles. The van der Waals surface area contributed by atoms with E-state index in [2.05, 4.69) is 41.4 Å². The number of likely N-dealkylation sites (tertiary alicyclic amines) is 1. The summed E-state index contributed by atoms with van der Waals surface area (Å²) >= 11 is 0. The van der Waals surface area contributed by atoms with E-state index in [0.29, 0.717) is 12.0 Å². The molecule has 0 spiro atoms. The summed E-state index contributed by atoms with van der Waals surface area (Å²) in [5, 5.41) is 10.0. The first-order valence-corrected chi connectivity index (χ1v) is 7.01. The van der Waals surface area contributed by atoms with Crippen molar-refractivity contribution in [3.8, 4) is 0 Å². The van der Waals surface area contributed by atoms with E-state index in [4.69, 9.17) is 0 Å². The molecule has 1 heterocycles. The Bertz CT molecular complexity index is 414. The SMILES string of the molecule is OC1CCCC2C1CCN2C=Cc1ccccc1. The van der Waals surface area contributed by atoms with E-state index >= 15 is 0 Å². The molecule has 0 amide bonds. The van der Waals surface area contributed by atoms with Gasteiger partial charge in [-0.05, 0) is 43.5 Å². The number of aliphatic hydroxyl groups excluding tert-OH is 1. The van der Waals surface area contributed by atoms with Crippen LogP contribution in [0.15, 0.2) is 36.5 Å². The first-order valence-electron chi connectivity index (χ1n) is 7.01. The summed E-state index contributed by atoms with van der Waals surface area (Å²) in [7, 11) is 0. The predicted octanol–water partition coefficient (Wildman–Crippen LogP) is 2.89. The number of rotatable bonds is 2. The van der Waals surface area contributed by atoms with Gasteiger partial charge in [0.05, 0.1) is 6.10 Å². The van der Waals surface area contributed by atoms with Crippen LogP contribution < -0.4 is 0 Å². The molecular weight excluding hydrogens is 222 g/mol. The zero-order chi connectivity index (χ0) is 12.4. The van der Waals surface area contributed by atoms with Gasteiger partial charge in [-0.2, -0.15) is 0 Å². The summed E-state index contributed by atoms with van der Waals surface area (Å²) in [6.07, 6.45) is 8.88. The van der Waals surface area contributed by atoms with Crippen LogP contribution in [0.2, 0.25) is 0 Å². The second kappa shape index (κ2) is 5.15. The normalized spacial score (nSPS) is 31.8. The molecule has 1 saturated carbocycles. The highest BCUT2D eigenvalue weighted by molar-refractivity contribution is 5.48. The third kappa shape index (κ3) is 2.30. The molecule has 1 saturated heterocycles. The zero-order valence-corrected chi connectivity index (χ0v) is 10.7. The van der Waals surface area contributed by atoms with Crippen LogP contribution in [-0.2, 0) is 0 Å². The quantitative estimate of drug-likeness (QED) is 0.863. The van der Waals surface area contributed by atoms with E-state index in [1.54, 1.807) is 0 Å². The van der Waals surface area contributed by atoms with E-state index in [9.17, 15) is 5.11 Å². The molecule has 1 aliphatic heterocycles. The number of nitrogens with zero attached hydrogens (tertiary/aromatic N) is 1. The monoisotopic (exact) mass is 243 g/mol. The Kier molecular flexibility index (Phi) is 3.37. The molecule has 3 unspecified atom stereocenters. The minimum Gasteiger partial charge on any atom is -0.393 e. The largest absolute Gasteiger partial charge is 0.393 e. The topological polar surface area (TPSA) is 23.5 Å². The van der Waals surface area contributed by atoms with E-state index in [-0.39, 0.29) is 6.10 Å². The fraction of sp³-hybridized carbons (Fsp3) is 0.500. The molecule has 2 nitrogen and oxygen atoms in total. The highest BCUT2D eigenvalue weighted by atomic mass is 16.3. The first-order chi connectivity index (χ1) is 8.84. The van der Waals surface area contributed by atoms with Gasteiger partial charge in [0, 0.05) is 18.5 Å². The summed E-state index contributed by atoms with van der Waals surface area (Å²) in [4.78, 5) is 2.43. The van der Waals surface area contributed by atoms with Gasteiger partial charge in [0.25, 0.3) is 0 Å². The van der Waals surface area contributed by atoms with Crippen LogP contribution in [0.3, 0.4) is 0 Å². The molecule has 3 atom stereocenters. The van der Waals surface area contributed by atoms with Crippen molar-refractivity contribution >= 4 is 6.08 Å². The fourth-order valence-corrected chi connectivity index (χ4v) is 3.41. The van der Waals surface area contributed by atoms with E-state index in [0.717, 1.165) is 25.8 Å². The highest BCUT2D eigenvalue weighted by Gasteiger charge is 2.39. The minimum absolute atomic E-state index is 0.0705. The molecule has 1 aliphatic carbocycles. The second-order valence-corrected chi connectivity index (χ2v) is 5.48. The minimum atomic E-state index is -0.0705. The van der Waals surface area contributed by atoms with Gasteiger partial charge in [-0.1, -0.05) is 30.3 Å². The van der Waals surface area contributed by atoms with Crippen LogP contribution in [0.5, 0.6) is 0 Å². The highest BCUT2D eigenvalue weighted by Crippen LogP contribution is 2.36. The number of fused-ring (bicyclic) bond motifs is 1. The summed E-state index contributed by atoms with van der Waals surface area (Å²) in [6, 6.07) is 11.0. The summed E-state index contributed by atoms with van der Waals surface area (Å²) < 4.78 is 0. The Hall–Kier alpha value is -1.28. The molecule has 2 fully saturated rings. The third-order valence-electron chi connectivity index (χ3n) is 4.39. The van der Waals surface area contributed by atoms with Gasteiger partial charge in [-0.15, -0.1) is 0 Å². The molecule has 96 valence electrons. The third-order valence-corrected chi connectivity index (χ3v) is 4.39. The molecule has 2 aliphatic rings. The number of hydrogen-bond acceptors (Lipinski definition) is 2. The first kappa shape index (κ1) is 11.8. The van der Waals surface area contributed by atoms with Gasteiger partial charge in [-0.3, -0.25) is 0 Å². The zero-order valence-electron chi connectivity index (χ0n) is 10.7. The van der Waals surface area contributed by atoms with Gasteiger partial charge in [0.1, 0.15) is 0 Å². The molecule has 0 bridgehead atoms. The maximum absolute atomic E-state index is 10.0. The lowest BCUT2D eigenvalue weighted by Gasteiger charge is -2.34. The lowest BCUT2D eigenvalue weighted by atomic mass is 9.83. The van der Waals surface area contributed by atoms with Crippen LogP contribution in [-0.4, -0.2) is 28.7 Å². The van der Waals surface area contributed by atoms with Gasteiger partial charge in [0.2, 0.25) is 0 Å². The van der Waals surface area contributed by atoms with Crippen molar-refractivity contribution in [2.45, 2.75) is 37.8 Å². The molecule has 2 heteroatoms. The molecule has 1 N–H and O–H groups in total. The average molecular weight is 243 g/mol. The predicted molar refractivity (Wildman–Crippen MR) is 73.9 cm³/mol. The van der Waals surface area contributed by atoms with Gasteiger partial charge < -0.3 is 10.0 Å². The smallest absolute Gasteiger partial charge is 0.0588 e. The van der Waals surface area contributed by atoms with Crippen molar-refractivity contribution in [1.82, 2.24) is 4.90 Å².